The summed E-state index contributed by atoms with van der Waals surface area (Å²) < 4.78 is 4.69. The first-order valence-corrected chi connectivity index (χ1v) is 15.3. The highest BCUT2D eigenvalue weighted by Crippen LogP contribution is 2.51. The van der Waals surface area contributed by atoms with Crippen LogP contribution in [-0.2, 0) is 5.41 Å². The van der Waals surface area contributed by atoms with E-state index >= 15 is 0 Å². The van der Waals surface area contributed by atoms with E-state index in [2.05, 4.69) is 180 Å². The first-order chi connectivity index (χ1) is 21.6. The summed E-state index contributed by atoms with van der Waals surface area (Å²) in [6, 6.07) is 53.0. The Hall–Kier alpha value is -5.54. The highest BCUT2D eigenvalue weighted by molar-refractivity contribution is 6.13. The van der Waals surface area contributed by atoms with Gasteiger partial charge < -0.3 is 14.0 Å². The number of rotatable bonds is 3. The Bertz CT molecular complexity index is 2300. The number of nitrogens with zero attached hydrogens (tertiary/aromatic N) is 3. The lowest BCUT2D eigenvalue weighted by molar-refractivity contribution is 0.632. The average Bonchev–Trinajstić information content (AvgIpc) is 3.63. The van der Waals surface area contributed by atoms with Gasteiger partial charge in [0.05, 0.1) is 27.9 Å². The highest BCUT2D eigenvalue weighted by Gasteiger charge is 2.36. The van der Waals surface area contributed by atoms with E-state index in [4.69, 9.17) is 0 Å². The second kappa shape index (κ2) is 9.23. The molecule has 0 atom stereocenters. The SMILES string of the molecule is CC1(C)c2ccccc2N(c2ccc(-n3c4ccccc4c4cc5c(ccn5-c5ccccc5)cc43)cc2)c2ccccc21. The lowest BCUT2D eigenvalue weighted by Crippen LogP contribution is -2.30. The lowest BCUT2D eigenvalue weighted by Gasteiger charge is -2.42. The summed E-state index contributed by atoms with van der Waals surface area (Å²) in [5.74, 6) is 0. The van der Waals surface area contributed by atoms with Crippen LogP contribution in [0.2, 0.25) is 0 Å². The molecule has 6 aromatic carbocycles. The van der Waals surface area contributed by atoms with Crippen molar-refractivity contribution in [2.75, 3.05) is 4.90 Å². The molecule has 1 aliphatic rings. The zero-order valence-electron chi connectivity index (χ0n) is 24.8. The minimum Gasteiger partial charge on any atom is -0.317 e. The Morgan fingerprint density at radius 1 is 0.455 bits per heavy atom. The molecule has 9 rings (SSSR count). The number of fused-ring (bicyclic) bond motifs is 6. The maximum absolute atomic E-state index is 2.42. The van der Waals surface area contributed by atoms with Gasteiger partial charge >= 0.3 is 0 Å². The predicted molar refractivity (Wildman–Crippen MR) is 184 cm³/mol. The largest absolute Gasteiger partial charge is 0.317 e. The molecule has 0 spiro atoms. The van der Waals surface area contributed by atoms with Gasteiger partial charge in [-0.15, -0.1) is 0 Å². The molecule has 1 aliphatic heterocycles. The van der Waals surface area contributed by atoms with Crippen molar-refractivity contribution < 1.29 is 0 Å². The van der Waals surface area contributed by atoms with Crippen LogP contribution in [0.15, 0.2) is 152 Å². The monoisotopic (exact) mass is 565 g/mol. The van der Waals surface area contributed by atoms with Gasteiger partial charge in [-0.25, -0.2) is 0 Å². The third-order valence-electron chi connectivity index (χ3n) is 9.52. The minimum absolute atomic E-state index is 0.0720. The molecule has 0 aliphatic carbocycles. The van der Waals surface area contributed by atoms with Gasteiger partial charge in [-0.2, -0.15) is 0 Å². The molecule has 3 nitrogen and oxygen atoms in total. The fraction of sp³-hybridized carbons (Fsp3) is 0.0732. The van der Waals surface area contributed by atoms with Gasteiger partial charge in [0.1, 0.15) is 0 Å². The zero-order valence-corrected chi connectivity index (χ0v) is 24.8. The average molecular weight is 566 g/mol. The van der Waals surface area contributed by atoms with Gasteiger partial charge in [0.15, 0.2) is 0 Å². The number of anilines is 3. The first kappa shape index (κ1) is 25.0. The molecular weight excluding hydrogens is 534 g/mol. The lowest BCUT2D eigenvalue weighted by atomic mass is 9.73. The molecule has 0 bridgehead atoms. The standard InChI is InChI=1S/C41H31N3/c1-41(2)34-15-7-10-18-37(34)44(38-19-11-8-16-35(38)41)31-22-20-30(21-23-31)43-36-17-9-6-14-32(36)33-27-39-28(26-40(33)43)24-25-42(39)29-12-4-3-5-13-29/h3-27H,1-2H3. The van der Waals surface area contributed by atoms with E-state index < -0.39 is 0 Å². The molecule has 3 heterocycles. The number of aromatic nitrogens is 2. The second-order valence-corrected chi connectivity index (χ2v) is 12.3. The van der Waals surface area contributed by atoms with Gasteiger partial charge in [0.25, 0.3) is 0 Å². The summed E-state index contributed by atoms with van der Waals surface area (Å²) in [6.45, 7) is 4.66. The molecule has 0 radical (unpaired) electrons. The minimum atomic E-state index is -0.0720. The van der Waals surface area contributed by atoms with Crippen molar-refractivity contribution in [2.24, 2.45) is 0 Å². The second-order valence-electron chi connectivity index (χ2n) is 12.3. The molecule has 210 valence electrons. The quantitative estimate of drug-likeness (QED) is 0.208. The first-order valence-electron chi connectivity index (χ1n) is 15.3. The van der Waals surface area contributed by atoms with Crippen LogP contribution in [0.5, 0.6) is 0 Å². The van der Waals surface area contributed by atoms with Crippen molar-refractivity contribution in [1.82, 2.24) is 9.13 Å². The molecule has 44 heavy (non-hydrogen) atoms. The fourth-order valence-electron chi connectivity index (χ4n) is 7.39. The maximum Gasteiger partial charge on any atom is 0.0548 e. The number of hydrogen-bond donors (Lipinski definition) is 0. The summed E-state index contributed by atoms with van der Waals surface area (Å²) >= 11 is 0. The van der Waals surface area contributed by atoms with E-state index in [1.165, 1.54) is 60.9 Å². The van der Waals surface area contributed by atoms with Crippen LogP contribution in [-0.4, -0.2) is 9.13 Å². The summed E-state index contributed by atoms with van der Waals surface area (Å²) in [5.41, 5.74) is 12.2. The third-order valence-corrected chi connectivity index (χ3v) is 9.52. The molecule has 0 saturated heterocycles. The Morgan fingerprint density at radius 3 is 1.80 bits per heavy atom. The van der Waals surface area contributed by atoms with E-state index in [1.807, 2.05) is 0 Å². The van der Waals surface area contributed by atoms with E-state index in [9.17, 15) is 0 Å². The van der Waals surface area contributed by atoms with Crippen molar-refractivity contribution in [2.45, 2.75) is 19.3 Å². The highest BCUT2D eigenvalue weighted by atomic mass is 15.2. The van der Waals surface area contributed by atoms with E-state index in [1.54, 1.807) is 0 Å². The Labute approximate surface area is 256 Å². The Balaban J connectivity index is 1.22. The van der Waals surface area contributed by atoms with Crippen molar-refractivity contribution >= 4 is 49.8 Å². The van der Waals surface area contributed by atoms with Crippen LogP contribution in [0.3, 0.4) is 0 Å². The predicted octanol–water partition coefficient (Wildman–Crippen LogP) is 10.8. The van der Waals surface area contributed by atoms with Crippen LogP contribution in [0, 0.1) is 0 Å². The summed E-state index contributed by atoms with van der Waals surface area (Å²) in [7, 11) is 0. The number of para-hydroxylation sites is 4. The molecule has 0 unspecified atom stereocenters. The van der Waals surface area contributed by atoms with E-state index in [0.29, 0.717) is 0 Å². The van der Waals surface area contributed by atoms with Crippen LogP contribution in [0.4, 0.5) is 17.1 Å². The molecule has 8 aromatic rings. The van der Waals surface area contributed by atoms with Crippen molar-refractivity contribution in [3.05, 3.63) is 163 Å². The normalized spacial score (nSPS) is 13.8. The maximum atomic E-state index is 2.42. The van der Waals surface area contributed by atoms with Crippen LogP contribution in [0.25, 0.3) is 44.1 Å². The van der Waals surface area contributed by atoms with Crippen LogP contribution in [0.1, 0.15) is 25.0 Å². The van der Waals surface area contributed by atoms with Gasteiger partial charge in [0.2, 0.25) is 0 Å². The molecule has 0 saturated carbocycles. The Morgan fingerprint density at radius 2 is 1.07 bits per heavy atom. The number of hydrogen-bond acceptors (Lipinski definition) is 1. The van der Waals surface area contributed by atoms with Gasteiger partial charge in [-0.3, -0.25) is 0 Å². The third kappa shape index (κ3) is 3.50. The van der Waals surface area contributed by atoms with Gasteiger partial charge in [-0.05, 0) is 83.9 Å². The topological polar surface area (TPSA) is 13.1 Å². The van der Waals surface area contributed by atoms with E-state index in [-0.39, 0.29) is 5.41 Å². The van der Waals surface area contributed by atoms with Crippen molar-refractivity contribution in [3.8, 4) is 11.4 Å². The van der Waals surface area contributed by atoms with Crippen molar-refractivity contribution in [1.29, 1.82) is 0 Å². The molecule has 2 aromatic heterocycles. The molecule has 0 amide bonds. The fourth-order valence-corrected chi connectivity index (χ4v) is 7.39. The Kier molecular flexibility index (Phi) is 5.24. The van der Waals surface area contributed by atoms with Crippen LogP contribution >= 0.6 is 0 Å². The molecule has 3 heteroatoms. The molecule has 0 N–H and O–H groups in total. The van der Waals surface area contributed by atoms with E-state index in [0.717, 1.165) is 11.4 Å². The van der Waals surface area contributed by atoms with Crippen LogP contribution < -0.4 is 4.90 Å². The smallest absolute Gasteiger partial charge is 0.0548 e. The summed E-state index contributed by atoms with van der Waals surface area (Å²) in [5, 5.41) is 3.75. The molecule has 0 fully saturated rings. The van der Waals surface area contributed by atoms with Gasteiger partial charge in [-0.1, -0.05) is 86.6 Å². The zero-order chi connectivity index (χ0) is 29.4. The number of benzene rings is 6. The summed E-state index contributed by atoms with van der Waals surface area (Å²) in [6.07, 6.45) is 2.18. The van der Waals surface area contributed by atoms with Crippen molar-refractivity contribution in [3.63, 3.8) is 0 Å². The molecular formula is C41H31N3. The summed E-state index contributed by atoms with van der Waals surface area (Å²) in [4.78, 5) is 2.42. The van der Waals surface area contributed by atoms with Gasteiger partial charge in [0, 0.05) is 44.8 Å².